The van der Waals surface area contributed by atoms with Crippen LogP contribution in [0.15, 0.2) is 72.8 Å². The number of ether oxygens (including phenoxy) is 2. The number of alkyl halides is 1. The summed E-state index contributed by atoms with van der Waals surface area (Å²) in [5.74, 6) is 0.333. The normalized spacial score (nSPS) is 13.2. The van der Waals surface area contributed by atoms with Gasteiger partial charge in [0.15, 0.2) is 0 Å². The van der Waals surface area contributed by atoms with E-state index < -0.39 is 6.67 Å². The highest BCUT2D eigenvalue weighted by Gasteiger charge is 2.18. The Morgan fingerprint density at radius 3 is 2.14 bits per heavy atom. The molecule has 0 unspecified atom stereocenters. The molecular formula is C28H29FN4O3. The van der Waals surface area contributed by atoms with Crippen LogP contribution in [0.4, 0.5) is 21.5 Å². The summed E-state index contributed by atoms with van der Waals surface area (Å²) >= 11 is 0. The SMILES string of the molecule is N#Cc1ccc(N2CCN(c3ccc(NC(=O)c4cccc(OCCOCCF)c4)cc3)CC2)cc1. The number of piperazine rings is 1. The summed E-state index contributed by atoms with van der Waals surface area (Å²) < 4.78 is 22.7. The highest BCUT2D eigenvalue weighted by Crippen LogP contribution is 2.23. The molecule has 0 spiro atoms. The summed E-state index contributed by atoms with van der Waals surface area (Å²) in [7, 11) is 0. The molecule has 3 aromatic rings. The standard InChI is InChI=1S/C28H29FN4O3/c29-12-17-35-18-19-36-27-3-1-2-23(20-27)28(34)31-24-6-10-26(11-7-24)33-15-13-32(14-16-33)25-8-4-22(21-30)5-9-25/h1-11,20H,12-19H2,(H,31,34). The zero-order chi connectivity index (χ0) is 25.2. The molecule has 8 heteroatoms. The highest BCUT2D eigenvalue weighted by molar-refractivity contribution is 6.04. The quantitative estimate of drug-likeness (QED) is 0.424. The molecule has 0 aliphatic carbocycles. The third kappa shape index (κ3) is 6.74. The number of amides is 1. The monoisotopic (exact) mass is 488 g/mol. The van der Waals surface area contributed by atoms with E-state index >= 15 is 0 Å². The number of nitriles is 1. The number of carbonyl (C=O) groups excluding carboxylic acids is 1. The van der Waals surface area contributed by atoms with Crippen LogP contribution in [0.3, 0.4) is 0 Å². The van der Waals surface area contributed by atoms with Crippen molar-refractivity contribution in [3.8, 4) is 11.8 Å². The van der Waals surface area contributed by atoms with Gasteiger partial charge in [-0.1, -0.05) is 6.07 Å². The zero-order valence-corrected chi connectivity index (χ0v) is 20.0. The Morgan fingerprint density at radius 2 is 1.53 bits per heavy atom. The van der Waals surface area contributed by atoms with Crippen molar-refractivity contribution in [3.05, 3.63) is 83.9 Å². The number of benzene rings is 3. The lowest BCUT2D eigenvalue weighted by Gasteiger charge is -2.37. The van der Waals surface area contributed by atoms with E-state index in [1.807, 2.05) is 48.5 Å². The molecule has 1 aliphatic heterocycles. The fourth-order valence-corrected chi connectivity index (χ4v) is 4.03. The van der Waals surface area contributed by atoms with Crippen molar-refractivity contribution in [3.63, 3.8) is 0 Å². The van der Waals surface area contributed by atoms with Gasteiger partial charge in [0, 0.05) is 48.8 Å². The molecule has 1 N–H and O–H groups in total. The summed E-state index contributed by atoms with van der Waals surface area (Å²) in [4.78, 5) is 17.4. The van der Waals surface area contributed by atoms with Gasteiger partial charge in [-0.25, -0.2) is 4.39 Å². The summed E-state index contributed by atoms with van der Waals surface area (Å²) in [6.07, 6.45) is 0. The van der Waals surface area contributed by atoms with Crippen LogP contribution in [0.25, 0.3) is 0 Å². The summed E-state index contributed by atoms with van der Waals surface area (Å²) in [5, 5.41) is 11.9. The Labute approximate surface area is 210 Å². The first kappa shape index (κ1) is 25.0. The predicted octanol–water partition coefficient (Wildman–Crippen LogP) is 4.50. The van der Waals surface area contributed by atoms with Crippen LogP contribution in [-0.2, 0) is 4.74 Å². The second-order valence-corrected chi connectivity index (χ2v) is 8.31. The minimum absolute atomic E-state index is 0.0550. The van der Waals surface area contributed by atoms with E-state index in [0.717, 1.165) is 37.6 Å². The van der Waals surface area contributed by atoms with Gasteiger partial charge in [0.2, 0.25) is 0 Å². The van der Waals surface area contributed by atoms with Crippen molar-refractivity contribution in [1.82, 2.24) is 0 Å². The van der Waals surface area contributed by atoms with Crippen LogP contribution in [0.2, 0.25) is 0 Å². The molecule has 0 aromatic heterocycles. The first-order valence-corrected chi connectivity index (χ1v) is 11.9. The van der Waals surface area contributed by atoms with E-state index in [-0.39, 0.29) is 25.7 Å². The highest BCUT2D eigenvalue weighted by atomic mass is 19.1. The lowest BCUT2D eigenvalue weighted by atomic mass is 10.1. The second kappa shape index (κ2) is 12.6. The molecule has 1 fully saturated rings. The third-order valence-corrected chi connectivity index (χ3v) is 5.95. The minimum Gasteiger partial charge on any atom is -0.491 e. The molecule has 4 rings (SSSR count). The summed E-state index contributed by atoms with van der Waals surface area (Å²) in [6, 6.07) is 24.6. The van der Waals surface area contributed by atoms with Gasteiger partial charge in [0.05, 0.1) is 24.8 Å². The van der Waals surface area contributed by atoms with Gasteiger partial charge in [-0.05, 0) is 66.7 Å². The van der Waals surface area contributed by atoms with Gasteiger partial charge in [-0.3, -0.25) is 4.79 Å². The number of carbonyl (C=O) groups is 1. The van der Waals surface area contributed by atoms with Gasteiger partial charge in [-0.15, -0.1) is 0 Å². The number of nitrogens with one attached hydrogen (secondary N) is 1. The van der Waals surface area contributed by atoms with E-state index in [1.165, 1.54) is 0 Å². The van der Waals surface area contributed by atoms with Crippen molar-refractivity contribution in [2.45, 2.75) is 0 Å². The molecule has 36 heavy (non-hydrogen) atoms. The third-order valence-electron chi connectivity index (χ3n) is 5.95. The van der Waals surface area contributed by atoms with E-state index in [2.05, 4.69) is 21.2 Å². The molecule has 3 aromatic carbocycles. The minimum atomic E-state index is -0.521. The fraction of sp³-hybridized carbons (Fsp3) is 0.286. The second-order valence-electron chi connectivity index (χ2n) is 8.31. The predicted molar refractivity (Wildman–Crippen MR) is 139 cm³/mol. The smallest absolute Gasteiger partial charge is 0.255 e. The number of rotatable bonds is 10. The Kier molecular flexibility index (Phi) is 8.73. The lowest BCUT2D eigenvalue weighted by molar-refractivity contribution is 0.0896. The first-order chi connectivity index (χ1) is 17.7. The van der Waals surface area contributed by atoms with E-state index in [4.69, 9.17) is 14.7 Å². The van der Waals surface area contributed by atoms with E-state index in [9.17, 15) is 9.18 Å². The van der Waals surface area contributed by atoms with Crippen molar-refractivity contribution in [2.75, 3.05) is 67.8 Å². The average Bonchev–Trinajstić information content (AvgIpc) is 2.94. The maximum absolute atomic E-state index is 12.7. The molecule has 7 nitrogen and oxygen atoms in total. The molecule has 1 amide bonds. The van der Waals surface area contributed by atoms with Crippen LogP contribution in [-0.4, -0.2) is 58.6 Å². The molecule has 1 heterocycles. The number of halogens is 1. The fourth-order valence-electron chi connectivity index (χ4n) is 4.03. The van der Waals surface area contributed by atoms with Crippen molar-refractivity contribution in [2.24, 2.45) is 0 Å². The van der Waals surface area contributed by atoms with Crippen molar-refractivity contribution < 1.29 is 18.7 Å². The topological polar surface area (TPSA) is 77.8 Å². The number of hydrogen-bond acceptors (Lipinski definition) is 6. The molecule has 0 saturated carbocycles. The number of hydrogen-bond donors (Lipinski definition) is 1. The maximum atomic E-state index is 12.7. The average molecular weight is 489 g/mol. The Bertz CT molecular complexity index is 1170. The van der Waals surface area contributed by atoms with Gasteiger partial charge in [0.25, 0.3) is 5.91 Å². The Morgan fingerprint density at radius 1 is 0.889 bits per heavy atom. The molecule has 186 valence electrons. The number of nitrogens with zero attached hydrogens (tertiary/aromatic N) is 3. The van der Waals surface area contributed by atoms with Crippen LogP contribution in [0.5, 0.6) is 5.75 Å². The summed E-state index contributed by atoms with van der Waals surface area (Å²) in [5.41, 5.74) is 4.11. The molecule has 1 saturated heterocycles. The van der Waals surface area contributed by atoms with Crippen LogP contribution >= 0.6 is 0 Å². The molecule has 0 radical (unpaired) electrons. The van der Waals surface area contributed by atoms with Gasteiger partial charge < -0.3 is 24.6 Å². The lowest BCUT2D eigenvalue weighted by Crippen LogP contribution is -2.46. The van der Waals surface area contributed by atoms with Crippen LogP contribution in [0, 0.1) is 11.3 Å². The van der Waals surface area contributed by atoms with Gasteiger partial charge >= 0.3 is 0 Å². The molecule has 0 bridgehead atoms. The molecule has 0 atom stereocenters. The Hall–Kier alpha value is -4.09. The maximum Gasteiger partial charge on any atom is 0.255 e. The zero-order valence-electron chi connectivity index (χ0n) is 20.0. The largest absolute Gasteiger partial charge is 0.491 e. The Balaban J connectivity index is 1.27. The molecular weight excluding hydrogens is 459 g/mol. The van der Waals surface area contributed by atoms with Gasteiger partial charge in [-0.2, -0.15) is 5.26 Å². The van der Waals surface area contributed by atoms with Crippen molar-refractivity contribution >= 4 is 23.0 Å². The van der Waals surface area contributed by atoms with E-state index in [0.29, 0.717) is 22.6 Å². The van der Waals surface area contributed by atoms with Crippen LogP contribution in [0.1, 0.15) is 15.9 Å². The number of anilines is 3. The van der Waals surface area contributed by atoms with E-state index in [1.54, 1.807) is 24.3 Å². The molecule has 1 aliphatic rings. The first-order valence-electron chi connectivity index (χ1n) is 11.9. The van der Waals surface area contributed by atoms with Gasteiger partial charge in [0.1, 0.15) is 19.0 Å². The van der Waals surface area contributed by atoms with Crippen molar-refractivity contribution in [1.29, 1.82) is 5.26 Å². The summed E-state index contributed by atoms with van der Waals surface area (Å²) in [6.45, 7) is 3.67. The van der Waals surface area contributed by atoms with Crippen LogP contribution < -0.4 is 19.9 Å².